The van der Waals surface area contributed by atoms with Crippen LogP contribution < -0.4 is 24.8 Å². The van der Waals surface area contributed by atoms with E-state index < -0.39 is 0 Å². The topological polar surface area (TPSA) is 0 Å². The molecule has 6 aromatic carbocycles. The first kappa shape index (κ1) is 37.0. The first-order valence-electron chi connectivity index (χ1n) is 14.6. The molecule has 0 aliphatic heterocycles. The number of aryl methyl sites for hydroxylation is 4. The van der Waals surface area contributed by atoms with Gasteiger partial charge in [-0.3, -0.25) is 0 Å². The minimum atomic E-state index is 0. The molecule has 0 unspecified atom stereocenters. The predicted molar refractivity (Wildman–Crippen MR) is 180 cm³/mol. The Labute approximate surface area is 286 Å². The van der Waals surface area contributed by atoms with Crippen LogP contribution in [-0.4, -0.2) is 5.43 Å². The summed E-state index contributed by atoms with van der Waals surface area (Å²) in [5.41, 5.74) is 12.2. The van der Waals surface area contributed by atoms with Gasteiger partial charge in [0.1, 0.15) is 0 Å². The fraction of sp³-hybridized carbons (Fsp3) is 0.231. The molecular weight excluding hydrogens is 659 g/mol. The fourth-order valence-corrected chi connectivity index (χ4v) is 5.15. The van der Waals surface area contributed by atoms with E-state index in [9.17, 15) is 0 Å². The van der Waals surface area contributed by atoms with Gasteiger partial charge >= 0.3 is 41.9 Å². The molecule has 0 spiro atoms. The second-order valence-electron chi connectivity index (χ2n) is 11.8. The molecule has 0 aliphatic rings. The molecule has 222 valence electrons. The molecule has 0 heterocycles. The number of benzene rings is 4. The van der Waals surface area contributed by atoms with Crippen LogP contribution in [0.4, 0.5) is 0 Å². The van der Waals surface area contributed by atoms with E-state index in [4.69, 9.17) is 0 Å². The van der Waals surface area contributed by atoms with Gasteiger partial charge in [-0.1, -0.05) is 111 Å². The number of fused-ring (bicyclic) bond motifs is 2. The van der Waals surface area contributed by atoms with Crippen LogP contribution >= 0.6 is 0 Å². The van der Waals surface area contributed by atoms with Crippen molar-refractivity contribution in [1.29, 1.82) is 0 Å². The molecule has 0 saturated carbocycles. The van der Waals surface area contributed by atoms with Gasteiger partial charge < -0.3 is 24.8 Å². The van der Waals surface area contributed by atoms with E-state index in [1.165, 1.54) is 71.6 Å². The normalized spacial score (nSPS) is 10.3. The van der Waals surface area contributed by atoms with Crippen LogP contribution in [-0.2, 0) is 23.3 Å². The summed E-state index contributed by atoms with van der Waals surface area (Å²) in [6.45, 7) is 17.7. The Morgan fingerprint density at radius 1 is 0.628 bits per heavy atom. The molecule has 0 fully saturated rings. The molecule has 0 amide bonds. The van der Waals surface area contributed by atoms with Gasteiger partial charge in [-0.05, 0) is 30.9 Å². The summed E-state index contributed by atoms with van der Waals surface area (Å²) in [7, 11) is 0. The van der Waals surface area contributed by atoms with E-state index >= 15 is 0 Å². The molecule has 0 aromatic heterocycles. The van der Waals surface area contributed by atoms with E-state index in [1.807, 2.05) is 0 Å². The Bertz CT molecular complexity index is 1770. The summed E-state index contributed by atoms with van der Waals surface area (Å²) >= 11 is 1.74. The largest absolute Gasteiger partial charge is 1.00 e. The summed E-state index contributed by atoms with van der Waals surface area (Å²) in [5, 5.41) is 5.47. The molecule has 0 saturated heterocycles. The van der Waals surface area contributed by atoms with Crippen LogP contribution in [0.5, 0.6) is 0 Å². The van der Waals surface area contributed by atoms with Gasteiger partial charge in [0, 0.05) is 0 Å². The molecule has 0 radical (unpaired) electrons. The average molecular weight is 701 g/mol. The SMILES string of the molecule is C[Si](C)=[Zr+2].Cc1ccc(-c2ccc(C)c3[cH-]c(C)cc23)cc1.Cc1ccc(-c2cccc3[cH-]c(C(C)C)cc23)cc1.[Cl-].[Cl-]. The van der Waals surface area contributed by atoms with Crippen molar-refractivity contribution < 1.29 is 48.1 Å². The monoisotopic (exact) mass is 698 g/mol. The van der Waals surface area contributed by atoms with Crippen LogP contribution in [0.2, 0.25) is 13.1 Å². The smallest absolute Gasteiger partial charge is 0.0279 e. The number of rotatable bonds is 3. The minimum absolute atomic E-state index is 0. The van der Waals surface area contributed by atoms with Gasteiger partial charge in [0.05, 0.1) is 0 Å². The maximum atomic E-state index is 2.34. The zero-order valence-electron chi connectivity index (χ0n) is 26.6. The quantitative estimate of drug-likeness (QED) is 0.167. The summed E-state index contributed by atoms with van der Waals surface area (Å²) in [6, 6.07) is 37.8. The Kier molecular flexibility index (Phi) is 14.4. The van der Waals surface area contributed by atoms with Crippen LogP contribution in [0.25, 0.3) is 43.8 Å². The second-order valence-corrected chi connectivity index (χ2v) is 21.1. The zero-order chi connectivity index (χ0) is 29.7. The average Bonchev–Trinajstić information content (AvgIpc) is 3.55. The van der Waals surface area contributed by atoms with E-state index in [-0.39, 0.29) is 30.2 Å². The van der Waals surface area contributed by atoms with Crippen molar-refractivity contribution in [2.45, 2.75) is 60.6 Å². The van der Waals surface area contributed by atoms with Crippen molar-refractivity contribution in [1.82, 2.24) is 0 Å². The number of hydrogen-bond donors (Lipinski definition) is 0. The summed E-state index contributed by atoms with van der Waals surface area (Å²) in [6.07, 6.45) is 0. The van der Waals surface area contributed by atoms with E-state index in [2.05, 4.69) is 158 Å². The molecular formula is C39H42Cl2SiZr-2. The number of halogens is 2. The van der Waals surface area contributed by atoms with E-state index in [0.29, 0.717) is 5.92 Å². The van der Waals surface area contributed by atoms with Crippen molar-refractivity contribution in [3.8, 4) is 22.3 Å². The van der Waals surface area contributed by atoms with Crippen molar-refractivity contribution in [3.63, 3.8) is 0 Å². The molecule has 0 N–H and O–H groups in total. The van der Waals surface area contributed by atoms with Crippen LogP contribution in [0.1, 0.15) is 47.6 Å². The van der Waals surface area contributed by atoms with Crippen molar-refractivity contribution in [2.24, 2.45) is 0 Å². The standard InChI is InChI=1S/C19H19.C18H17.C2H6Si.2ClH.Zr/c1-13(2)17-11-16-5-4-6-18(19(16)12-17)15-9-7-14(3)8-10-15;1-12-4-7-15(8-5-12)16-9-6-14(3)17-10-13(2)11-18(16)17;1-3-2;;;/h4-13H,1-3H3;4-11H,1-3H3;1-2H3;2*1H;/q2*-1;;;;+2/p-2. The molecule has 0 nitrogen and oxygen atoms in total. The van der Waals surface area contributed by atoms with E-state index in [0.717, 1.165) is 0 Å². The van der Waals surface area contributed by atoms with E-state index in [1.54, 1.807) is 23.3 Å². The molecule has 6 rings (SSSR count). The summed E-state index contributed by atoms with van der Waals surface area (Å²) in [4.78, 5) is 0. The Morgan fingerprint density at radius 3 is 1.65 bits per heavy atom. The zero-order valence-corrected chi connectivity index (χ0v) is 31.6. The van der Waals surface area contributed by atoms with Crippen LogP contribution in [0.15, 0.2) is 103 Å². The number of hydrogen-bond acceptors (Lipinski definition) is 0. The van der Waals surface area contributed by atoms with Gasteiger partial charge in [0.25, 0.3) is 0 Å². The van der Waals surface area contributed by atoms with Crippen molar-refractivity contribution in [2.75, 3.05) is 0 Å². The van der Waals surface area contributed by atoms with Gasteiger partial charge in [-0.15, -0.1) is 68.6 Å². The van der Waals surface area contributed by atoms with Gasteiger partial charge in [0.2, 0.25) is 0 Å². The van der Waals surface area contributed by atoms with Crippen molar-refractivity contribution >= 4 is 27.0 Å². The molecule has 0 bridgehead atoms. The maximum absolute atomic E-state index is 2.34. The maximum Gasteiger partial charge on any atom is -0.0279 e. The Balaban J connectivity index is 0.000000257. The summed E-state index contributed by atoms with van der Waals surface area (Å²) < 4.78 is 0. The van der Waals surface area contributed by atoms with Crippen LogP contribution in [0, 0.1) is 27.7 Å². The third-order valence-electron chi connectivity index (χ3n) is 7.41. The Morgan fingerprint density at radius 2 is 1.14 bits per heavy atom. The first-order valence-corrected chi connectivity index (χ1v) is 20.7. The minimum Gasteiger partial charge on any atom is -1.00 e. The second kappa shape index (κ2) is 16.7. The molecule has 0 atom stereocenters. The Hall–Kier alpha value is -2.22. The molecule has 43 heavy (non-hydrogen) atoms. The molecule has 6 aromatic rings. The molecule has 4 heteroatoms. The fourth-order valence-electron chi connectivity index (χ4n) is 5.15. The van der Waals surface area contributed by atoms with Gasteiger partial charge in [-0.25, -0.2) is 0 Å². The predicted octanol–water partition coefficient (Wildman–Crippen LogP) is 5.60. The third kappa shape index (κ3) is 9.63. The first-order chi connectivity index (χ1) is 19.5. The third-order valence-corrected chi connectivity index (χ3v) is 7.41. The van der Waals surface area contributed by atoms with Gasteiger partial charge in [-0.2, -0.15) is 12.1 Å². The van der Waals surface area contributed by atoms with Crippen molar-refractivity contribution in [3.05, 3.63) is 131 Å². The summed E-state index contributed by atoms with van der Waals surface area (Å²) in [5.74, 6) is 0.582. The van der Waals surface area contributed by atoms with Crippen LogP contribution in [0.3, 0.4) is 0 Å². The van der Waals surface area contributed by atoms with Gasteiger partial charge in [0.15, 0.2) is 0 Å². The molecule has 0 aliphatic carbocycles.